The van der Waals surface area contributed by atoms with Crippen LogP contribution in [0.25, 0.3) is 10.9 Å². The Bertz CT molecular complexity index is 669. The molecule has 3 rings (SSSR count). The number of benzene rings is 1. The van der Waals surface area contributed by atoms with E-state index in [9.17, 15) is 0 Å². The van der Waals surface area contributed by atoms with Gasteiger partial charge in [-0.15, -0.1) is 0 Å². The second-order valence-electron chi connectivity index (χ2n) is 6.98. The standard InChI is InChI=1S/C13H14ClN2O.3CH3.Sn/c1-9-6-12-10(7-11(9)14)8-15-16(12)13-4-2-3-5-17-13;;;;/h6,8,13H,2-5H2,1H3;3*1H3;. The van der Waals surface area contributed by atoms with Crippen molar-refractivity contribution in [1.82, 2.24) is 9.78 Å². The SMILES string of the molecule is Cc1cc2c(cnn2C2CCCCO2)[c]([Sn]([CH3])([CH3])[CH3])c1Cl. The fourth-order valence-corrected chi connectivity index (χ4v) is 10.5. The molecule has 1 atom stereocenters. The summed E-state index contributed by atoms with van der Waals surface area (Å²) in [6.45, 7) is 2.94. The number of aryl methyl sites for hydroxylation is 1. The maximum absolute atomic E-state index is 6.64. The summed E-state index contributed by atoms with van der Waals surface area (Å²) in [6.07, 6.45) is 5.50. The van der Waals surface area contributed by atoms with E-state index < -0.39 is 18.4 Å². The van der Waals surface area contributed by atoms with E-state index in [-0.39, 0.29) is 6.23 Å². The van der Waals surface area contributed by atoms with Crippen molar-refractivity contribution in [3.63, 3.8) is 0 Å². The van der Waals surface area contributed by atoms with Gasteiger partial charge in [0.15, 0.2) is 0 Å². The minimum absolute atomic E-state index is 0.0832. The second-order valence-corrected chi connectivity index (χ2v) is 21.6. The molecular weight excluding hydrogens is 390 g/mol. The molecule has 5 heteroatoms. The summed E-state index contributed by atoms with van der Waals surface area (Å²) in [5, 5.41) is 6.83. The van der Waals surface area contributed by atoms with E-state index >= 15 is 0 Å². The normalized spacial score (nSPS) is 20.1. The molecule has 0 spiro atoms. The van der Waals surface area contributed by atoms with Crippen molar-refractivity contribution in [3.05, 3.63) is 22.8 Å². The van der Waals surface area contributed by atoms with Gasteiger partial charge in [-0.1, -0.05) is 0 Å². The van der Waals surface area contributed by atoms with Gasteiger partial charge in [0.25, 0.3) is 0 Å². The monoisotopic (exact) mass is 414 g/mol. The van der Waals surface area contributed by atoms with Crippen LogP contribution in [0.4, 0.5) is 0 Å². The first-order valence-corrected chi connectivity index (χ1v) is 18.0. The zero-order valence-electron chi connectivity index (χ0n) is 13.2. The average Bonchev–Trinajstić information content (AvgIpc) is 2.82. The quantitative estimate of drug-likeness (QED) is 0.689. The summed E-state index contributed by atoms with van der Waals surface area (Å²) in [6, 6.07) is 2.17. The molecule has 1 saturated heterocycles. The van der Waals surface area contributed by atoms with E-state index in [0.29, 0.717) is 0 Å². The van der Waals surface area contributed by atoms with Crippen LogP contribution in [-0.4, -0.2) is 34.8 Å². The van der Waals surface area contributed by atoms with Crippen LogP contribution in [0, 0.1) is 6.92 Å². The molecule has 1 aromatic carbocycles. The molecule has 0 saturated carbocycles. The van der Waals surface area contributed by atoms with Crippen molar-refractivity contribution in [2.45, 2.75) is 47.2 Å². The van der Waals surface area contributed by atoms with Crippen molar-refractivity contribution >= 4 is 44.5 Å². The van der Waals surface area contributed by atoms with Crippen LogP contribution in [0.2, 0.25) is 19.8 Å². The third kappa shape index (κ3) is 2.84. The fraction of sp³-hybridized carbons (Fsp3) is 0.562. The molecule has 0 bridgehead atoms. The van der Waals surface area contributed by atoms with Crippen LogP contribution in [0.5, 0.6) is 0 Å². The topological polar surface area (TPSA) is 27.1 Å². The van der Waals surface area contributed by atoms with Gasteiger partial charge in [-0.05, 0) is 0 Å². The fourth-order valence-electron chi connectivity index (χ4n) is 3.17. The van der Waals surface area contributed by atoms with E-state index in [1.54, 1.807) is 0 Å². The van der Waals surface area contributed by atoms with Crippen molar-refractivity contribution in [1.29, 1.82) is 0 Å². The van der Waals surface area contributed by atoms with Gasteiger partial charge in [-0.3, -0.25) is 0 Å². The molecule has 0 aliphatic carbocycles. The molecular formula is C16H23ClN2OSn. The third-order valence-corrected chi connectivity index (χ3v) is 10.9. The van der Waals surface area contributed by atoms with E-state index in [2.05, 4.69) is 37.6 Å². The van der Waals surface area contributed by atoms with E-state index in [1.807, 2.05) is 6.20 Å². The van der Waals surface area contributed by atoms with Gasteiger partial charge in [0.2, 0.25) is 0 Å². The summed E-state index contributed by atoms with van der Waals surface area (Å²) < 4.78 is 9.37. The number of ether oxygens (including phenoxy) is 1. The Balaban J connectivity index is 2.20. The number of hydrogen-bond donors (Lipinski definition) is 0. The number of halogens is 1. The van der Waals surface area contributed by atoms with E-state index in [4.69, 9.17) is 16.3 Å². The first-order valence-electron chi connectivity index (χ1n) is 7.68. The molecule has 2 aromatic rings. The molecule has 1 unspecified atom stereocenters. The molecule has 0 radical (unpaired) electrons. The van der Waals surface area contributed by atoms with Crippen LogP contribution in [0.3, 0.4) is 0 Å². The molecule has 21 heavy (non-hydrogen) atoms. The van der Waals surface area contributed by atoms with Gasteiger partial charge in [-0.2, -0.15) is 0 Å². The molecule has 1 aromatic heterocycles. The summed E-state index contributed by atoms with van der Waals surface area (Å²) >= 11 is 4.32. The van der Waals surface area contributed by atoms with Crippen LogP contribution < -0.4 is 3.58 Å². The van der Waals surface area contributed by atoms with Gasteiger partial charge >= 0.3 is 136 Å². The zero-order valence-corrected chi connectivity index (χ0v) is 16.9. The summed E-state index contributed by atoms with van der Waals surface area (Å²) in [5.74, 6) is 0. The molecule has 2 heterocycles. The number of rotatable bonds is 2. The molecule has 1 aliphatic rings. The molecule has 3 nitrogen and oxygen atoms in total. The molecule has 0 amide bonds. The molecule has 1 aliphatic heterocycles. The Hall–Kier alpha value is -0.261. The van der Waals surface area contributed by atoms with Gasteiger partial charge in [0.05, 0.1) is 0 Å². The van der Waals surface area contributed by atoms with Gasteiger partial charge in [-0.25, -0.2) is 0 Å². The Labute approximate surface area is 135 Å². The summed E-state index contributed by atoms with van der Waals surface area (Å²) in [5.41, 5.74) is 2.34. The molecule has 1 fully saturated rings. The average molecular weight is 414 g/mol. The van der Waals surface area contributed by atoms with Crippen LogP contribution >= 0.6 is 11.6 Å². The Kier molecular flexibility index (Phi) is 4.27. The van der Waals surface area contributed by atoms with Crippen molar-refractivity contribution < 1.29 is 4.74 Å². The summed E-state index contributed by atoms with van der Waals surface area (Å²) in [7, 11) is 0. The maximum atomic E-state index is 6.64. The van der Waals surface area contributed by atoms with Gasteiger partial charge in [0.1, 0.15) is 0 Å². The number of nitrogens with zero attached hydrogens (tertiary/aromatic N) is 2. The first kappa shape index (κ1) is 15.6. The van der Waals surface area contributed by atoms with Crippen LogP contribution in [-0.2, 0) is 4.74 Å². The van der Waals surface area contributed by atoms with Crippen LogP contribution in [0.1, 0.15) is 31.1 Å². The van der Waals surface area contributed by atoms with Crippen molar-refractivity contribution in [3.8, 4) is 0 Å². The molecule has 0 N–H and O–H groups in total. The third-order valence-electron chi connectivity index (χ3n) is 4.20. The number of hydrogen-bond acceptors (Lipinski definition) is 2. The van der Waals surface area contributed by atoms with Gasteiger partial charge < -0.3 is 0 Å². The number of fused-ring (bicyclic) bond motifs is 1. The van der Waals surface area contributed by atoms with E-state index in [0.717, 1.165) is 30.0 Å². The predicted octanol–water partition coefficient (Wildman–Crippen LogP) is 4.24. The summed E-state index contributed by atoms with van der Waals surface area (Å²) in [4.78, 5) is 7.22. The second kappa shape index (κ2) is 5.74. The molecule has 114 valence electrons. The predicted molar refractivity (Wildman–Crippen MR) is 91.3 cm³/mol. The van der Waals surface area contributed by atoms with Crippen LogP contribution in [0.15, 0.2) is 12.3 Å². The van der Waals surface area contributed by atoms with E-state index in [1.165, 1.54) is 20.9 Å². The van der Waals surface area contributed by atoms with Gasteiger partial charge in [0, 0.05) is 0 Å². The first-order chi connectivity index (χ1) is 9.89. The van der Waals surface area contributed by atoms with Crippen molar-refractivity contribution in [2.24, 2.45) is 0 Å². The Morgan fingerprint density at radius 3 is 2.71 bits per heavy atom. The van der Waals surface area contributed by atoms with Crippen molar-refractivity contribution in [2.75, 3.05) is 6.61 Å². The number of aromatic nitrogens is 2. The Morgan fingerprint density at radius 2 is 2.10 bits per heavy atom. The zero-order chi connectivity index (χ0) is 15.2. The minimum atomic E-state index is -2.32. The Morgan fingerprint density at radius 1 is 1.33 bits per heavy atom.